The molecule has 0 saturated heterocycles. The molecule has 0 bridgehead atoms. The smallest absolute Gasteiger partial charge is 0.306 e. The topological polar surface area (TPSA) is 78.9 Å². The highest BCUT2D eigenvalue weighted by molar-refractivity contribution is 5.71. The van der Waals surface area contributed by atoms with Crippen LogP contribution in [0.4, 0.5) is 0 Å². The molecule has 0 heterocycles. The number of hydrogen-bond donors (Lipinski definition) is 0. The fraction of sp³-hybridized carbons (Fsp3) is 0.767. The monoisotopic (exact) mass is 1100 g/mol. The number of carbonyl (C=O) groups is 3. The summed E-state index contributed by atoms with van der Waals surface area (Å²) in [6.07, 6.45) is 88.8. The Morgan fingerprint density at radius 1 is 0.266 bits per heavy atom. The molecule has 0 saturated carbocycles. The van der Waals surface area contributed by atoms with Crippen LogP contribution in [0.25, 0.3) is 0 Å². The minimum Gasteiger partial charge on any atom is -0.462 e. The van der Waals surface area contributed by atoms with Crippen molar-refractivity contribution in [3.63, 3.8) is 0 Å². The lowest BCUT2D eigenvalue weighted by Gasteiger charge is -2.18. The first-order valence-electron chi connectivity index (χ1n) is 34.1. The highest BCUT2D eigenvalue weighted by Gasteiger charge is 2.19. The van der Waals surface area contributed by atoms with Gasteiger partial charge in [0.1, 0.15) is 13.2 Å². The SMILES string of the molecule is CC/C=C\C/C=C\C/C=C\C/C=C\C/C=C\C/C=C\C/C=C\CCCCCC(=O)OCC(COC(=O)CCCCCCCCCCCCCCCCC)OC(=O)CCCCCCCCCCCCCCCCCCCCCCC. The van der Waals surface area contributed by atoms with Gasteiger partial charge in [-0.15, -0.1) is 0 Å². The van der Waals surface area contributed by atoms with E-state index in [1.165, 1.54) is 193 Å². The van der Waals surface area contributed by atoms with Gasteiger partial charge < -0.3 is 14.2 Å². The van der Waals surface area contributed by atoms with Crippen molar-refractivity contribution in [2.45, 2.75) is 348 Å². The minimum atomic E-state index is -0.789. The molecular weight excluding hydrogens is 973 g/mol. The summed E-state index contributed by atoms with van der Waals surface area (Å²) in [6.45, 7) is 6.55. The second kappa shape index (κ2) is 67.1. The quantitative estimate of drug-likeness (QED) is 0.0261. The van der Waals surface area contributed by atoms with Gasteiger partial charge in [0, 0.05) is 19.3 Å². The van der Waals surface area contributed by atoms with E-state index in [1.807, 2.05) is 0 Å². The van der Waals surface area contributed by atoms with Crippen LogP contribution in [0, 0.1) is 0 Å². The highest BCUT2D eigenvalue weighted by atomic mass is 16.6. The van der Waals surface area contributed by atoms with Gasteiger partial charge in [-0.3, -0.25) is 14.4 Å². The van der Waals surface area contributed by atoms with E-state index in [1.54, 1.807) is 0 Å². The molecule has 0 N–H and O–H groups in total. The summed E-state index contributed by atoms with van der Waals surface area (Å²) in [4.78, 5) is 38.4. The van der Waals surface area contributed by atoms with Gasteiger partial charge in [-0.1, -0.05) is 331 Å². The number of esters is 3. The number of allylic oxidation sites excluding steroid dienone is 14. The largest absolute Gasteiger partial charge is 0.462 e. The van der Waals surface area contributed by atoms with Crippen molar-refractivity contribution < 1.29 is 28.6 Å². The number of rotatable bonds is 62. The van der Waals surface area contributed by atoms with E-state index < -0.39 is 6.10 Å². The zero-order chi connectivity index (χ0) is 57.1. The van der Waals surface area contributed by atoms with Crippen molar-refractivity contribution in [3.05, 3.63) is 85.1 Å². The number of ether oxygens (including phenoxy) is 3. The van der Waals surface area contributed by atoms with Crippen LogP contribution in [0.3, 0.4) is 0 Å². The summed E-state index contributed by atoms with van der Waals surface area (Å²) in [6, 6.07) is 0. The van der Waals surface area contributed by atoms with E-state index in [0.29, 0.717) is 19.3 Å². The molecule has 0 aliphatic carbocycles. The third-order valence-corrected chi connectivity index (χ3v) is 14.9. The molecule has 1 atom stereocenters. The Balaban J connectivity index is 4.39. The van der Waals surface area contributed by atoms with Gasteiger partial charge in [0.2, 0.25) is 0 Å². The molecular formula is C73H128O6. The molecule has 6 heteroatoms. The molecule has 0 aliphatic rings. The first-order chi connectivity index (χ1) is 39.0. The maximum atomic E-state index is 12.9. The van der Waals surface area contributed by atoms with Gasteiger partial charge in [0.15, 0.2) is 6.10 Å². The molecule has 0 aromatic carbocycles. The Morgan fingerprint density at radius 3 is 0.772 bits per heavy atom. The van der Waals surface area contributed by atoms with Gasteiger partial charge in [-0.05, 0) is 77.0 Å². The molecule has 0 fully saturated rings. The van der Waals surface area contributed by atoms with Crippen molar-refractivity contribution in [1.29, 1.82) is 0 Å². The Morgan fingerprint density at radius 2 is 0.494 bits per heavy atom. The normalized spacial score (nSPS) is 12.6. The molecule has 0 aromatic rings. The van der Waals surface area contributed by atoms with E-state index in [0.717, 1.165) is 109 Å². The van der Waals surface area contributed by atoms with Crippen molar-refractivity contribution in [2.24, 2.45) is 0 Å². The van der Waals surface area contributed by atoms with Gasteiger partial charge in [0.05, 0.1) is 0 Å². The van der Waals surface area contributed by atoms with Crippen LogP contribution < -0.4 is 0 Å². The second-order valence-corrected chi connectivity index (χ2v) is 22.7. The first kappa shape index (κ1) is 75.6. The van der Waals surface area contributed by atoms with Crippen LogP contribution in [0.5, 0.6) is 0 Å². The Bertz CT molecular complexity index is 1500. The lowest BCUT2D eigenvalue weighted by Crippen LogP contribution is -2.30. The van der Waals surface area contributed by atoms with Crippen molar-refractivity contribution in [1.82, 2.24) is 0 Å². The predicted octanol–water partition coefficient (Wildman–Crippen LogP) is 23.4. The van der Waals surface area contributed by atoms with Crippen molar-refractivity contribution in [2.75, 3.05) is 13.2 Å². The standard InChI is InChI=1S/C73H128O6/c1-4-7-10-13-16-19-22-25-28-30-32-34-35-36-37-39-40-42-45-48-51-54-57-60-63-66-72(75)78-69-70(68-77-71(74)65-62-59-56-53-50-47-44-27-24-21-18-15-12-9-6-3)79-73(76)67-64-61-58-55-52-49-46-43-41-38-33-31-29-26-23-20-17-14-11-8-5-2/h7,10,16,19,25,28,32,34,36-37,40,42,48,51,70H,4-6,8-9,11-15,17-18,20-24,26-27,29-31,33,35,38-39,41,43-47,49-50,52-69H2,1-3H3/b10-7-,19-16-,28-25-,34-32-,37-36-,42-40-,51-48-. The van der Waals surface area contributed by atoms with Gasteiger partial charge >= 0.3 is 17.9 Å². The van der Waals surface area contributed by atoms with Crippen LogP contribution >= 0.6 is 0 Å². The zero-order valence-corrected chi connectivity index (χ0v) is 52.4. The maximum absolute atomic E-state index is 12.9. The molecule has 0 rings (SSSR count). The molecule has 0 aromatic heterocycles. The summed E-state index contributed by atoms with van der Waals surface area (Å²) < 4.78 is 17.0. The third-order valence-electron chi connectivity index (χ3n) is 14.9. The van der Waals surface area contributed by atoms with Crippen LogP contribution in [0.2, 0.25) is 0 Å². The molecule has 0 amide bonds. The van der Waals surface area contributed by atoms with Crippen molar-refractivity contribution in [3.8, 4) is 0 Å². The summed E-state index contributed by atoms with van der Waals surface area (Å²) in [7, 11) is 0. The van der Waals surface area contributed by atoms with Crippen LogP contribution in [-0.4, -0.2) is 37.2 Å². The summed E-state index contributed by atoms with van der Waals surface area (Å²) in [5, 5.41) is 0. The van der Waals surface area contributed by atoms with Crippen LogP contribution in [0.15, 0.2) is 85.1 Å². The van der Waals surface area contributed by atoms with Gasteiger partial charge in [0.25, 0.3) is 0 Å². The first-order valence-corrected chi connectivity index (χ1v) is 34.1. The van der Waals surface area contributed by atoms with Crippen LogP contribution in [-0.2, 0) is 28.6 Å². The minimum absolute atomic E-state index is 0.0825. The third kappa shape index (κ3) is 65.3. The van der Waals surface area contributed by atoms with Crippen LogP contribution in [0.1, 0.15) is 342 Å². The second-order valence-electron chi connectivity index (χ2n) is 22.7. The molecule has 79 heavy (non-hydrogen) atoms. The zero-order valence-electron chi connectivity index (χ0n) is 52.4. The number of hydrogen-bond acceptors (Lipinski definition) is 6. The number of unbranched alkanes of at least 4 members (excludes halogenated alkanes) is 37. The molecule has 0 aliphatic heterocycles. The molecule has 0 radical (unpaired) electrons. The molecule has 1 unspecified atom stereocenters. The van der Waals surface area contributed by atoms with E-state index in [4.69, 9.17) is 14.2 Å². The van der Waals surface area contributed by atoms with E-state index >= 15 is 0 Å². The lowest BCUT2D eigenvalue weighted by molar-refractivity contribution is -0.167. The number of carbonyl (C=O) groups excluding carboxylic acids is 3. The van der Waals surface area contributed by atoms with E-state index in [2.05, 4.69) is 106 Å². The molecule has 0 spiro atoms. The summed E-state index contributed by atoms with van der Waals surface area (Å²) in [5.41, 5.74) is 0. The Hall–Kier alpha value is -3.41. The fourth-order valence-electron chi connectivity index (χ4n) is 9.84. The predicted molar refractivity (Wildman–Crippen MR) is 344 cm³/mol. The summed E-state index contributed by atoms with van der Waals surface area (Å²) >= 11 is 0. The summed E-state index contributed by atoms with van der Waals surface area (Å²) in [5.74, 6) is -0.897. The van der Waals surface area contributed by atoms with E-state index in [-0.39, 0.29) is 31.1 Å². The van der Waals surface area contributed by atoms with E-state index in [9.17, 15) is 14.4 Å². The average molecular weight is 1100 g/mol. The Kier molecular flexibility index (Phi) is 64.2. The van der Waals surface area contributed by atoms with Crippen molar-refractivity contribution >= 4 is 17.9 Å². The average Bonchev–Trinajstić information content (AvgIpc) is 3.45. The molecule has 456 valence electrons. The highest BCUT2D eigenvalue weighted by Crippen LogP contribution is 2.18. The van der Waals surface area contributed by atoms with Gasteiger partial charge in [-0.2, -0.15) is 0 Å². The molecule has 6 nitrogen and oxygen atoms in total. The van der Waals surface area contributed by atoms with Gasteiger partial charge in [-0.25, -0.2) is 0 Å². The lowest BCUT2D eigenvalue weighted by atomic mass is 10.0. The Labute approximate surface area is 490 Å². The maximum Gasteiger partial charge on any atom is 0.306 e. The fourth-order valence-corrected chi connectivity index (χ4v) is 9.84.